The van der Waals surface area contributed by atoms with Gasteiger partial charge in [0.2, 0.25) is 0 Å². The fourth-order valence-electron chi connectivity index (χ4n) is 2.20. The number of piperidine rings is 1. The van der Waals surface area contributed by atoms with Gasteiger partial charge in [0.25, 0.3) is 0 Å². The second-order valence-electron chi connectivity index (χ2n) is 5.16. The molecule has 0 spiro atoms. The van der Waals surface area contributed by atoms with E-state index in [1.807, 2.05) is 0 Å². The molecule has 0 aliphatic carbocycles. The molecule has 1 rings (SSSR count). The minimum absolute atomic E-state index is 0.680. The molecule has 3 unspecified atom stereocenters. The van der Waals surface area contributed by atoms with E-state index in [0.29, 0.717) is 5.92 Å². The van der Waals surface area contributed by atoms with Crippen molar-refractivity contribution in [1.29, 1.82) is 0 Å². The summed E-state index contributed by atoms with van der Waals surface area (Å²) in [5.41, 5.74) is 5.63. The Balaban J connectivity index is 2.27. The minimum atomic E-state index is 0.680. The van der Waals surface area contributed by atoms with E-state index in [0.717, 1.165) is 18.5 Å². The molecule has 1 fully saturated rings. The normalized spacial score (nSPS) is 31.7. The number of nitrogens with zero attached hydrogens (tertiary/aromatic N) is 1. The summed E-state index contributed by atoms with van der Waals surface area (Å²) in [6, 6.07) is 0.788. The zero-order chi connectivity index (χ0) is 10.6. The maximum absolute atomic E-state index is 5.63. The molecule has 1 heterocycles. The average molecular weight is 198 g/mol. The number of nitrogens with two attached hydrogens (primary N) is 1. The Kier molecular flexibility index (Phi) is 4.90. The van der Waals surface area contributed by atoms with E-state index >= 15 is 0 Å². The highest BCUT2D eigenvalue weighted by molar-refractivity contribution is 4.77. The van der Waals surface area contributed by atoms with Crippen LogP contribution in [0.15, 0.2) is 0 Å². The molecule has 0 aromatic heterocycles. The molecular weight excluding hydrogens is 172 g/mol. The first kappa shape index (κ1) is 12.0. The summed E-state index contributed by atoms with van der Waals surface area (Å²) in [6.45, 7) is 10.3. The van der Waals surface area contributed by atoms with Crippen LogP contribution in [0, 0.1) is 11.8 Å². The number of hydrogen-bond acceptors (Lipinski definition) is 2. The van der Waals surface area contributed by atoms with Crippen molar-refractivity contribution in [2.45, 2.75) is 46.1 Å². The second-order valence-corrected chi connectivity index (χ2v) is 5.16. The van der Waals surface area contributed by atoms with E-state index in [9.17, 15) is 0 Å². The van der Waals surface area contributed by atoms with Crippen LogP contribution in [0.1, 0.15) is 40.0 Å². The van der Waals surface area contributed by atoms with Crippen molar-refractivity contribution in [2.75, 3.05) is 19.6 Å². The number of rotatable bonds is 4. The van der Waals surface area contributed by atoms with Gasteiger partial charge in [0.05, 0.1) is 0 Å². The van der Waals surface area contributed by atoms with E-state index in [4.69, 9.17) is 5.73 Å². The van der Waals surface area contributed by atoms with Gasteiger partial charge in [-0.25, -0.2) is 0 Å². The molecule has 3 atom stereocenters. The molecule has 0 amide bonds. The van der Waals surface area contributed by atoms with Crippen LogP contribution >= 0.6 is 0 Å². The molecule has 1 aliphatic heterocycles. The summed E-state index contributed by atoms with van der Waals surface area (Å²) in [5, 5.41) is 0. The largest absolute Gasteiger partial charge is 0.330 e. The molecule has 0 radical (unpaired) electrons. The smallest absolute Gasteiger partial charge is 0.00671 e. The van der Waals surface area contributed by atoms with Crippen LogP contribution < -0.4 is 5.73 Å². The Morgan fingerprint density at radius 1 is 1.36 bits per heavy atom. The molecule has 1 aliphatic rings. The van der Waals surface area contributed by atoms with Gasteiger partial charge in [-0.1, -0.05) is 13.8 Å². The third kappa shape index (κ3) is 3.58. The average Bonchev–Trinajstić information content (AvgIpc) is 2.19. The van der Waals surface area contributed by atoms with Crippen molar-refractivity contribution in [3.05, 3.63) is 0 Å². The molecule has 14 heavy (non-hydrogen) atoms. The van der Waals surface area contributed by atoms with Crippen molar-refractivity contribution in [3.8, 4) is 0 Å². The summed E-state index contributed by atoms with van der Waals surface area (Å²) in [7, 11) is 0. The van der Waals surface area contributed by atoms with E-state index in [-0.39, 0.29) is 0 Å². The summed E-state index contributed by atoms with van der Waals surface area (Å²) >= 11 is 0. The number of hydrogen-bond donors (Lipinski definition) is 1. The zero-order valence-electron chi connectivity index (χ0n) is 10.00. The molecule has 2 heteroatoms. The molecule has 2 nitrogen and oxygen atoms in total. The van der Waals surface area contributed by atoms with Crippen molar-refractivity contribution >= 4 is 0 Å². The van der Waals surface area contributed by atoms with Crippen molar-refractivity contribution in [3.63, 3.8) is 0 Å². The van der Waals surface area contributed by atoms with Gasteiger partial charge in [-0.05, 0) is 51.1 Å². The lowest BCUT2D eigenvalue weighted by molar-refractivity contribution is 0.118. The van der Waals surface area contributed by atoms with Crippen molar-refractivity contribution in [1.82, 2.24) is 4.90 Å². The van der Waals surface area contributed by atoms with Crippen LogP contribution in [0.2, 0.25) is 0 Å². The predicted molar refractivity (Wildman–Crippen MR) is 62.3 cm³/mol. The Hall–Kier alpha value is -0.0800. The fraction of sp³-hybridized carbons (Fsp3) is 1.00. The highest BCUT2D eigenvalue weighted by Gasteiger charge is 2.22. The summed E-state index contributed by atoms with van der Waals surface area (Å²) in [5.74, 6) is 1.57. The van der Waals surface area contributed by atoms with Crippen LogP contribution in [0.5, 0.6) is 0 Å². The minimum Gasteiger partial charge on any atom is -0.330 e. The van der Waals surface area contributed by atoms with Crippen molar-refractivity contribution in [2.24, 2.45) is 17.6 Å². The number of likely N-dealkylation sites (tertiary alicyclic amines) is 1. The first-order chi connectivity index (χ1) is 6.63. The van der Waals surface area contributed by atoms with Crippen LogP contribution in [0.4, 0.5) is 0 Å². The molecule has 2 N–H and O–H groups in total. The van der Waals surface area contributed by atoms with Gasteiger partial charge >= 0.3 is 0 Å². The topological polar surface area (TPSA) is 29.3 Å². The maximum atomic E-state index is 5.63. The molecule has 1 saturated heterocycles. The van der Waals surface area contributed by atoms with E-state index in [1.54, 1.807) is 0 Å². The van der Waals surface area contributed by atoms with E-state index in [2.05, 4.69) is 25.7 Å². The standard InChI is InChI=1S/C12H26N2/c1-10(8-13)6-7-14-9-11(2)4-5-12(14)3/h10-12H,4-9,13H2,1-3H3. The molecule has 0 aromatic rings. The predicted octanol–water partition coefficient (Wildman–Crippen LogP) is 2.09. The Morgan fingerprint density at radius 3 is 2.71 bits per heavy atom. The van der Waals surface area contributed by atoms with Gasteiger partial charge in [0.1, 0.15) is 0 Å². The first-order valence-electron chi connectivity index (χ1n) is 6.07. The highest BCUT2D eigenvalue weighted by Crippen LogP contribution is 2.21. The van der Waals surface area contributed by atoms with Crippen LogP contribution in [0.3, 0.4) is 0 Å². The summed E-state index contributed by atoms with van der Waals surface area (Å²) in [6.07, 6.45) is 4.04. The van der Waals surface area contributed by atoms with E-state index in [1.165, 1.54) is 32.4 Å². The van der Waals surface area contributed by atoms with Crippen molar-refractivity contribution < 1.29 is 0 Å². The SMILES string of the molecule is CC(CN)CCN1CC(C)CCC1C. The van der Waals surface area contributed by atoms with Crippen LogP contribution in [-0.2, 0) is 0 Å². The van der Waals surface area contributed by atoms with Crippen LogP contribution in [-0.4, -0.2) is 30.6 Å². The Bertz CT molecular complexity index is 158. The lowest BCUT2D eigenvalue weighted by Crippen LogP contribution is -2.42. The fourth-order valence-corrected chi connectivity index (χ4v) is 2.20. The third-order valence-corrected chi connectivity index (χ3v) is 3.56. The van der Waals surface area contributed by atoms with Gasteiger partial charge in [0.15, 0.2) is 0 Å². The summed E-state index contributed by atoms with van der Waals surface area (Å²) in [4.78, 5) is 2.64. The molecule has 0 saturated carbocycles. The highest BCUT2D eigenvalue weighted by atomic mass is 15.2. The third-order valence-electron chi connectivity index (χ3n) is 3.56. The van der Waals surface area contributed by atoms with E-state index < -0.39 is 0 Å². The molecule has 84 valence electrons. The van der Waals surface area contributed by atoms with Gasteiger partial charge < -0.3 is 10.6 Å². The molecular formula is C12H26N2. The lowest BCUT2D eigenvalue weighted by Gasteiger charge is -2.37. The summed E-state index contributed by atoms with van der Waals surface area (Å²) < 4.78 is 0. The lowest BCUT2D eigenvalue weighted by atomic mass is 9.94. The van der Waals surface area contributed by atoms with Crippen LogP contribution in [0.25, 0.3) is 0 Å². The second kappa shape index (κ2) is 5.72. The van der Waals surface area contributed by atoms with Gasteiger partial charge in [-0.3, -0.25) is 0 Å². The molecule has 0 bridgehead atoms. The maximum Gasteiger partial charge on any atom is 0.00671 e. The van der Waals surface area contributed by atoms with Gasteiger partial charge in [-0.15, -0.1) is 0 Å². The quantitative estimate of drug-likeness (QED) is 0.749. The Morgan fingerprint density at radius 2 is 2.07 bits per heavy atom. The first-order valence-corrected chi connectivity index (χ1v) is 6.07. The van der Waals surface area contributed by atoms with Gasteiger partial charge in [0, 0.05) is 12.6 Å². The molecule has 0 aromatic carbocycles. The van der Waals surface area contributed by atoms with Gasteiger partial charge in [-0.2, -0.15) is 0 Å². The Labute approximate surface area is 88.8 Å². The monoisotopic (exact) mass is 198 g/mol. The zero-order valence-corrected chi connectivity index (χ0v) is 10.00.